The highest BCUT2D eigenvalue weighted by molar-refractivity contribution is 5.44. The first-order valence-electron chi connectivity index (χ1n) is 7.12. The minimum atomic E-state index is -0.342. The number of hydrogen-bond acceptors (Lipinski definition) is 4. The molecule has 1 aliphatic rings. The Balaban J connectivity index is 1.97. The molecule has 1 saturated carbocycles. The van der Waals surface area contributed by atoms with Crippen molar-refractivity contribution in [2.45, 2.75) is 39.2 Å². The van der Waals surface area contributed by atoms with Gasteiger partial charge < -0.3 is 10.4 Å². The number of aliphatic hydroxyl groups is 1. The van der Waals surface area contributed by atoms with Gasteiger partial charge in [0, 0.05) is 36.7 Å². The quantitative estimate of drug-likeness (QED) is 0.619. The van der Waals surface area contributed by atoms with Crippen LogP contribution in [0.25, 0.3) is 0 Å². The molecule has 0 bridgehead atoms. The van der Waals surface area contributed by atoms with Gasteiger partial charge in [-0.15, -0.1) is 0 Å². The van der Waals surface area contributed by atoms with Crippen LogP contribution in [0.4, 0.5) is 5.69 Å². The third-order valence-electron chi connectivity index (χ3n) is 4.43. The molecule has 0 amide bonds. The van der Waals surface area contributed by atoms with Gasteiger partial charge in [-0.2, -0.15) is 0 Å². The molecule has 0 radical (unpaired) electrons. The maximum atomic E-state index is 10.9. The summed E-state index contributed by atoms with van der Waals surface area (Å²) >= 11 is 0. The molecule has 0 atom stereocenters. The average molecular weight is 278 g/mol. The topological polar surface area (TPSA) is 75.4 Å². The smallest absolute Gasteiger partial charge is 0.272 e. The summed E-state index contributed by atoms with van der Waals surface area (Å²) in [6.45, 7) is 3.38. The molecule has 0 spiro atoms. The van der Waals surface area contributed by atoms with E-state index in [9.17, 15) is 15.2 Å². The molecule has 0 saturated heterocycles. The lowest BCUT2D eigenvalue weighted by Crippen LogP contribution is -2.34. The van der Waals surface area contributed by atoms with Gasteiger partial charge in [-0.05, 0) is 25.3 Å². The maximum Gasteiger partial charge on any atom is 0.272 e. The monoisotopic (exact) mass is 278 g/mol. The van der Waals surface area contributed by atoms with E-state index in [-0.39, 0.29) is 22.6 Å². The molecule has 5 heteroatoms. The lowest BCUT2D eigenvalue weighted by Gasteiger charge is -2.26. The molecule has 20 heavy (non-hydrogen) atoms. The van der Waals surface area contributed by atoms with Crippen molar-refractivity contribution in [1.29, 1.82) is 0 Å². The Labute approximate surface area is 119 Å². The van der Waals surface area contributed by atoms with Crippen LogP contribution in [0, 0.1) is 22.5 Å². The SMILES string of the molecule is Cc1c(CNCC2(CO)CCCC2)cccc1[N+](=O)[O-]. The Hall–Kier alpha value is -1.46. The fourth-order valence-corrected chi connectivity index (χ4v) is 3.04. The van der Waals surface area contributed by atoms with Crippen molar-refractivity contribution in [2.24, 2.45) is 5.41 Å². The van der Waals surface area contributed by atoms with Gasteiger partial charge in [0.2, 0.25) is 0 Å². The number of aliphatic hydroxyl groups excluding tert-OH is 1. The van der Waals surface area contributed by atoms with Crippen molar-refractivity contribution in [2.75, 3.05) is 13.2 Å². The lowest BCUT2D eigenvalue weighted by molar-refractivity contribution is -0.385. The Kier molecular flexibility index (Phi) is 4.73. The van der Waals surface area contributed by atoms with Crippen LogP contribution in [0.5, 0.6) is 0 Å². The first-order valence-corrected chi connectivity index (χ1v) is 7.12. The van der Waals surface area contributed by atoms with E-state index in [1.165, 1.54) is 18.9 Å². The van der Waals surface area contributed by atoms with Crippen LogP contribution in [0.2, 0.25) is 0 Å². The van der Waals surface area contributed by atoms with Gasteiger partial charge in [-0.3, -0.25) is 10.1 Å². The van der Waals surface area contributed by atoms with Gasteiger partial charge in [-0.1, -0.05) is 25.0 Å². The third-order valence-corrected chi connectivity index (χ3v) is 4.43. The number of nitro groups is 1. The summed E-state index contributed by atoms with van der Waals surface area (Å²) in [7, 11) is 0. The zero-order valence-electron chi connectivity index (χ0n) is 11.9. The van der Waals surface area contributed by atoms with E-state index in [1.54, 1.807) is 13.0 Å². The molecule has 5 nitrogen and oxygen atoms in total. The van der Waals surface area contributed by atoms with Gasteiger partial charge in [0.1, 0.15) is 0 Å². The molecule has 0 aliphatic heterocycles. The van der Waals surface area contributed by atoms with Crippen molar-refractivity contribution < 1.29 is 10.0 Å². The highest BCUT2D eigenvalue weighted by Gasteiger charge is 2.32. The Morgan fingerprint density at radius 3 is 2.70 bits per heavy atom. The number of nitrogens with one attached hydrogen (secondary N) is 1. The summed E-state index contributed by atoms with van der Waals surface area (Å²) in [6, 6.07) is 5.17. The van der Waals surface area contributed by atoms with E-state index < -0.39 is 0 Å². The Morgan fingerprint density at radius 1 is 1.40 bits per heavy atom. The molecular weight excluding hydrogens is 256 g/mol. The highest BCUT2D eigenvalue weighted by atomic mass is 16.6. The second-order valence-electron chi connectivity index (χ2n) is 5.79. The number of rotatable bonds is 6. The van der Waals surface area contributed by atoms with Crippen LogP contribution < -0.4 is 5.32 Å². The summed E-state index contributed by atoms with van der Waals surface area (Å²) in [4.78, 5) is 10.6. The van der Waals surface area contributed by atoms with Gasteiger partial charge in [0.15, 0.2) is 0 Å². The first-order chi connectivity index (χ1) is 9.58. The molecule has 0 unspecified atom stereocenters. The average Bonchev–Trinajstić information content (AvgIpc) is 2.90. The molecule has 0 aromatic heterocycles. The zero-order valence-corrected chi connectivity index (χ0v) is 11.9. The van der Waals surface area contributed by atoms with Crippen molar-refractivity contribution in [3.05, 3.63) is 39.4 Å². The molecule has 2 N–H and O–H groups in total. The number of hydrogen-bond donors (Lipinski definition) is 2. The van der Waals surface area contributed by atoms with Gasteiger partial charge in [0.25, 0.3) is 5.69 Å². The van der Waals surface area contributed by atoms with E-state index >= 15 is 0 Å². The largest absolute Gasteiger partial charge is 0.396 e. The highest BCUT2D eigenvalue weighted by Crippen LogP contribution is 2.37. The van der Waals surface area contributed by atoms with Crippen LogP contribution in [0.15, 0.2) is 18.2 Å². The van der Waals surface area contributed by atoms with Crippen molar-refractivity contribution in [3.63, 3.8) is 0 Å². The summed E-state index contributed by atoms with van der Waals surface area (Å²) in [5, 5.41) is 23.8. The minimum Gasteiger partial charge on any atom is -0.396 e. The number of benzene rings is 1. The summed E-state index contributed by atoms with van der Waals surface area (Å²) in [5.41, 5.74) is 1.84. The minimum absolute atomic E-state index is 0.00855. The molecule has 1 aromatic rings. The maximum absolute atomic E-state index is 10.9. The molecule has 110 valence electrons. The van der Waals surface area contributed by atoms with E-state index in [1.807, 2.05) is 6.07 Å². The van der Waals surface area contributed by atoms with Crippen molar-refractivity contribution in [3.8, 4) is 0 Å². The van der Waals surface area contributed by atoms with E-state index in [0.29, 0.717) is 6.54 Å². The fraction of sp³-hybridized carbons (Fsp3) is 0.600. The van der Waals surface area contributed by atoms with Crippen LogP contribution in [0.3, 0.4) is 0 Å². The third kappa shape index (κ3) is 3.16. The second kappa shape index (κ2) is 6.33. The lowest BCUT2D eigenvalue weighted by atomic mass is 9.87. The molecule has 1 fully saturated rings. The van der Waals surface area contributed by atoms with Gasteiger partial charge in [0.05, 0.1) is 4.92 Å². The normalized spacial score (nSPS) is 17.3. The molecular formula is C15H22N2O3. The van der Waals surface area contributed by atoms with Crippen LogP contribution >= 0.6 is 0 Å². The predicted molar refractivity (Wildman–Crippen MR) is 77.5 cm³/mol. The summed E-state index contributed by atoms with van der Waals surface area (Å²) < 4.78 is 0. The summed E-state index contributed by atoms with van der Waals surface area (Å²) in [6.07, 6.45) is 4.48. The first kappa shape index (κ1) is 14.9. The molecule has 2 rings (SSSR count). The fourth-order valence-electron chi connectivity index (χ4n) is 3.04. The molecule has 1 aromatic carbocycles. The van der Waals surface area contributed by atoms with Crippen LogP contribution in [0.1, 0.15) is 36.8 Å². The van der Waals surface area contributed by atoms with E-state index in [2.05, 4.69) is 5.32 Å². The van der Waals surface area contributed by atoms with Gasteiger partial charge >= 0.3 is 0 Å². The Morgan fingerprint density at radius 2 is 2.10 bits per heavy atom. The number of nitrogens with zero attached hydrogens (tertiary/aromatic N) is 1. The van der Waals surface area contributed by atoms with Crippen molar-refractivity contribution in [1.82, 2.24) is 5.32 Å². The zero-order chi connectivity index (χ0) is 14.6. The van der Waals surface area contributed by atoms with Crippen molar-refractivity contribution >= 4 is 5.69 Å². The predicted octanol–water partition coefficient (Wildman–Crippen LogP) is 2.55. The summed E-state index contributed by atoms with van der Waals surface area (Å²) in [5.74, 6) is 0. The number of nitro benzene ring substituents is 1. The molecule has 0 heterocycles. The van der Waals surface area contributed by atoms with E-state index in [0.717, 1.165) is 30.5 Å². The van der Waals surface area contributed by atoms with E-state index in [4.69, 9.17) is 0 Å². The van der Waals surface area contributed by atoms with Gasteiger partial charge in [-0.25, -0.2) is 0 Å². The van der Waals surface area contributed by atoms with Crippen LogP contribution in [-0.4, -0.2) is 23.2 Å². The molecule has 1 aliphatic carbocycles. The van der Waals surface area contributed by atoms with Crippen LogP contribution in [-0.2, 0) is 6.54 Å². The standard InChI is InChI=1S/C15H22N2O3/c1-12-13(5-4-6-14(12)17(19)20)9-16-10-15(11-18)7-2-3-8-15/h4-6,16,18H,2-3,7-11H2,1H3. The second-order valence-corrected chi connectivity index (χ2v) is 5.79. The Bertz CT molecular complexity index is 482.